The van der Waals surface area contributed by atoms with Gasteiger partial charge in [0.05, 0.1) is 35.7 Å². The number of cyclic esters (lactones) is 1. The van der Waals surface area contributed by atoms with Crippen molar-refractivity contribution in [2.24, 2.45) is 17.3 Å². The molecule has 3 rings (SSSR count). The van der Waals surface area contributed by atoms with Gasteiger partial charge in [-0.15, -0.1) is 0 Å². The first-order valence-corrected chi connectivity index (χ1v) is 12.8. The molecule has 1 spiro atoms. The summed E-state index contributed by atoms with van der Waals surface area (Å²) in [5.74, 6) is -0.147. The Morgan fingerprint density at radius 1 is 1.15 bits per heavy atom. The number of methoxy groups -OCH3 is 2. The number of hydrogen-bond donors (Lipinski definition) is 0. The van der Waals surface area contributed by atoms with E-state index in [1.54, 1.807) is 14.2 Å². The SMILES string of the molecule is C/C=C(\CC)C1CC2OC2(C)CCCC(C)C(OC)C(C)C(=O)C2(CC2)C(OC)CC(=O)O1. The average molecular weight is 465 g/mol. The maximum absolute atomic E-state index is 13.6. The topological polar surface area (TPSA) is 74.4 Å². The number of ether oxygens (including phenoxy) is 4. The number of carbonyl (C=O) groups excluding carboxylic acids is 2. The Bertz CT molecular complexity index is 741. The number of carbonyl (C=O) groups is 2. The van der Waals surface area contributed by atoms with Gasteiger partial charge in [-0.1, -0.05) is 33.3 Å². The summed E-state index contributed by atoms with van der Waals surface area (Å²) in [7, 11) is 3.29. The maximum atomic E-state index is 13.6. The van der Waals surface area contributed by atoms with Gasteiger partial charge in [0.15, 0.2) is 0 Å². The van der Waals surface area contributed by atoms with Crippen molar-refractivity contribution in [1.82, 2.24) is 0 Å². The Labute approximate surface area is 199 Å². The molecule has 0 bridgehead atoms. The molecule has 33 heavy (non-hydrogen) atoms. The summed E-state index contributed by atoms with van der Waals surface area (Å²) in [6, 6.07) is 0. The van der Waals surface area contributed by atoms with Crippen LogP contribution >= 0.6 is 0 Å². The fourth-order valence-electron chi connectivity index (χ4n) is 6.09. The van der Waals surface area contributed by atoms with Gasteiger partial charge in [0, 0.05) is 26.6 Å². The van der Waals surface area contributed by atoms with Crippen molar-refractivity contribution in [2.75, 3.05) is 14.2 Å². The highest BCUT2D eigenvalue weighted by Crippen LogP contribution is 2.54. The fourth-order valence-corrected chi connectivity index (χ4v) is 6.09. The van der Waals surface area contributed by atoms with Crippen LogP contribution in [0.3, 0.4) is 0 Å². The lowest BCUT2D eigenvalue weighted by molar-refractivity contribution is -0.154. The Kier molecular flexibility index (Phi) is 8.45. The van der Waals surface area contributed by atoms with E-state index in [0.29, 0.717) is 6.42 Å². The molecule has 1 aliphatic carbocycles. The van der Waals surface area contributed by atoms with Crippen molar-refractivity contribution in [1.29, 1.82) is 0 Å². The van der Waals surface area contributed by atoms with Crippen LogP contribution in [0.25, 0.3) is 0 Å². The summed E-state index contributed by atoms with van der Waals surface area (Å²) in [4.78, 5) is 26.7. The zero-order chi connectivity index (χ0) is 24.4. The molecule has 0 aromatic heterocycles. The lowest BCUT2D eigenvalue weighted by Crippen LogP contribution is -2.43. The summed E-state index contributed by atoms with van der Waals surface area (Å²) in [6.07, 6.45) is 7.23. The van der Waals surface area contributed by atoms with Crippen molar-refractivity contribution < 1.29 is 28.5 Å². The minimum Gasteiger partial charge on any atom is -0.458 e. The van der Waals surface area contributed by atoms with E-state index in [1.165, 1.54) is 0 Å². The van der Waals surface area contributed by atoms with Gasteiger partial charge in [-0.05, 0) is 57.4 Å². The Hall–Kier alpha value is -1.24. The normalized spacial score (nSPS) is 40.3. The van der Waals surface area contributed by atoms with Crippen LogP contribution in [0.5, 0.6) is 0 Å². The third-order valence-electron chi connectivity index (χ3n) is 8.53. The zero-order valence-corrected chi connectivity index (χ0v) is 21.6. The predicted octanol–water partition coefficient (Wildman–Crippen LogP) is 5.03. The first kappa shape index (κ1) is 26.4. The molecule has 6 heteroatoms. The summed E-state index contributed by atoms with van der Waals surface area (Å²) < 4.78 is 23.7. The summed E-state index contributed by atoms with van der Waals surface area (Å²) in [6.45, 7) is 10.4. The molecular formula is C27H44O6. The molecule has 2 saturated heterocycles. The average Bonchev–Trinajstić information content (AvgIpc) is 3.69. The van der Waals surface area contributed by atoms with E-state index in [4.69, 9.17) is 18.9 Å². The minimum atomic E-state index is -0.609. The van der Waals surface area contributed by atoms with E-state index < -0.39 is 11.5 Å². The summed E-state index contributed by atoms with van der Waals surface area (Å²) in [5, 5.41) is 0. The van der Waals surface area contributed by atoms with E-state index >= 15 is 0 Å². The van der Waals surface area contributed by atoms with Crippen LogP contribution in [0.4, 0.5) is 0 Å². The Morgan fingerprint density at radius 3 is 2.39 bits per heavy atom. The van der Waals surface area contributed by atoms with E-state index in [-0.39, 0.29) is 53.9 Å². The molecule has 2 heterocycles. The molecule has 0 aromatic carbocycles. The van der Waals surface area contributed by atoms with Gasteiger partial charge in [0.25, 0.3) is 0 Å². The quantitative estimate of drug-likeness (QED) is 0.330. The lowest BCUT2D eigenvalue weighted by Gasteiger charge is -2.33. The molecule has 188 valence electrons. The number of epoxide rings is 1. The van der Waals surface area contributed by atoms with E-state index in [1.807, 2.05) is 19.9 Å². The van der Waals surface area contributed by atoms with Gasteiger partial charge in [0.2, 0.25) is 0 Å². The molecule has 0 radical (unpaired) electrons. The largest absolute Gasteiger partial charge is 0.458 e. The number of esters is 1. The summed E-state index contributed by atoms with van der Waals surface area (Å²) in [5.41, 5.74) is 0.326. The van der Waals surface area contributed by atoms with Gasteiger partial charge >= 0.3 is 5.97 Å². The smallest absolute Gasteiger partial charge is 0.309 e. The van der Waals surface area contributed by atoms with Crippen LogP contribution in [0, 0.1) is 17.3 Å². The van der Waals surface area contributed by atoms with Crippen LogP contribution in [0.2, 0.25) is 0 Å². The highest BCUT2D eigenvalue weighted by Gasteiger charge is 2.58. The molecule has 3 aliphatic rings. The molecule has 7 atom stereocenters. The fraction of sp³-hybridized carbons (Fsp3) is 0.852. The standard InChI is InChI=1S/C27H44O6/c1-8-19(9-2)20-15-21-26(5,33-21)12-10-11-17(3)24(31-7)18(4)25(29)27(13-14-27)22(30-6)16-23(28)32-20/h8,17-18,20-22,24H,9-16H2,1-7H3/b19-8+. The molecule has 3 fully saturated rings. The van der Waals surface area contributed by atoms with Gasteiger partial charge in [0.1, 0.15) is 11.9 Å². The number of rotatable bonds is 4. The predicted molar refractivity (Wildman–Crippen MR) is 127 cm³/mol. The van der Waals surface area contributed by atoms with Gasteiger partial charge in [-0.3, -0.25) is 9.59 Å². The Balaban J connectivity index is 1.87. The molecule has 2 aliphatic heterocycles. The molecule has 1 saturated carbocycles. The van der Waals surface area contributed by atoms with Crippen molar-refractivity contribution in [3.05, 3.63) is 11.6 Å². The third-order valence-corrected chi connectivity index (χ3v) is 8.53. The third kappa shape index (κ3) is 5.54. The van der Waals surface area contributed by atoms with E-state index in [2.05, 4.69) is 20.8 Å². The molecule has 7 unspecified atom stereocenters. The molecule has 6 nitrogen and oxygen atoms in total. The molecule has 0 N–H and O–H groups in total. The second kappa shape index (κ2) is 10.6. The second-order valence-corrected chi connectivity index (χ2v) is 10.7. The summed E-state index contributed by atoms with van der Waals surface area (Å²) >= 11 is 0. The van der Waals surface area contributed by atoms with Gasteiger partial charge < -0.3 is 18.9 Å². The van der Waals surface area contributed by atoms with Crippen LogP contribution in [-0.2, 0) is 28.5 Å². The van der Waals surface area contributed by atoms with Crippen LogP contribution in [0.15, 0.2) is 11.6 Å². The van der Waals surface area contributed by atoms with E-state index in [0.717, 1.165) is 44.1 Å². The number of hydrogen-bond acceptors (Lipinski definition) is 6. The van der Waals surface area contributed by atoms with Crippen molar-refractivity contribution in [2.45, 2.75) is 116 Å². The Morgan fingerprint density at radius 2 is 1.85 bits per heavy atom. The van der Waals surface area contributed by atoms with Crippen molar-refractivity contribution in [3.63, 3.8) is 0 Å². The second-order valence-electron chi connectivity index (χ2n) is 10.7. The zero-order valence-electron chi connectivity index (χ0n) is 21.6. The van der Waals surface area contributed by atoms with Crippen molar-refractivity contribution in [3.8, 4) is 0 Å². The van der Waals surface area contributed by atoms with E-state index in [9.17, 15) is 9.59 Å². The number of fused-ring (bicyclic) bond motifs is 1. The van der Waals surface area contributed by atoms with Crippen molar-refractivity contribution >= 4 is 11.8 Å². The van der Waals surface area contributed by atoms with Crippen LogP contribution in [-0.4, -0.2) is 56.0 Å². The molecule has 0 aromatic rings. The molecular weight excluding hydrogens is 420 g/mol. The highest BCUT2D eigenvalue weighted by atomic mass is 16.6. The van der Waals surface area contributed by atoms with Crippen LogP contribution < -0.4 is 0 Å². The van der Waals surface area contributed by atoms with Gasteiger partial charge in [-0.2, -0.15) is 0 Å². The van der Waals surface area contributed by atoms with Crippen LogP contribution in [0.1, 0.15) is 86.0 Å². The first-order valence-electron chi connectivity index (χ1n) is 12.8. The lowest BCUT2D eigenvalue weighted by atomic mass is 9.78. The number of ketones is 1. The number of Topliss-reactive ketones (excluding diaryl/α,β-unsaturated/α-hetero) is 1. The minimum absolute atomic E-state index is 0.0855. The highest BCUT2D eigenvalue weighted by molar-refractivity contribution is 5.91. The molecule has 0 amide bonds. The first-order chi connectivity index (χ1) is 15.7. The number of allylic oxidation sites excluding steroid dienone is 1. The maximum Gasteiger partial charge on any atom is 0.309 e. The van der Waals surface area contributed by atoms with Gasteiger partial charge in [-0.25, -0.2) is 0 Å². The monoisotopic (exact) mass is 464 g/mol.